The molecule has 0 aromatic heterocycles. The van der Waals surface area contributed by atoms with Gasteiger partial charge in [0, 0.05) is 0 Å². The fourth-order valence-electron chi connectivity index (χ4n) is 1.30. The van der Waals surface area contributed by atoms with Crippen LogP contribution in [0.15, 0.2) is 23.1 Å². The molecule has 1 aromatic carbocycles. The highest BCUT2D eigenvalue weighted by Gasteiger charge is 2.13. The standard InChI is InChI=1S/C11H17NO2S/c1-9-4-5-11(8-10(9)2)15(13,14)7-3-6-12/h4-5,8H,3,6-7,12H2,1-2H3. The van der Waals surface area contributed by atoms with Crippen LogP contribution in [0.2, 0.25) is 0 Å². The third-order valence-corrected chi connectivity index (χ3v) is 4.25. The van der Waals surface area contributed by atoms with Crippen LogP contribution in [0.25, 0.3) is 0 Å². The van der Waals surface area contributed by atoms with Gasteiger partial charge in [0.05, 0.1) is 10.6 Å². The van der Waals surface area contributed by atoms with Gasteiger partial charge >= 0.3 is 0 Å². The van der Waals surface area contributed by atoms with Gasteiger partial charge in [0.15, 0.2) is 9.84 Å². The molecule has 0 atom stereocenters. The van der Waals surface area contributed by atoms with Crippen molar-refractivity contribution in [3.63, 3.8) is 0 Å². The van der Waals surface area contributed by atoms with E-state index in [-0.39, 0.29) is 5.75 Å². The van der Waals surface area contributed by atoms with Gasteiger partial charge in [-0.1, -0.05) is 6.07 Å². The topological polar surface area (TPSA) is 60.2 Å². The van der Waals surface area contributed by atoms with E-state index < -0.39 is 9.84 Å². The summed E-state index contributed by atoms with van der Waals surface area (Å²) < 4.78 is 23.6. The summed E-state index contributed by atoms with van der Waals surface area (Å²) in [4.78, 5) is 0.402. The molecule has 0 spiro atoms. The molecule has 1 aromatic rings. The molecule has 0 amide bonds. The molecule has 4 heteroatoms. The molecule has 2 N–H and O–H groups in total. The summed E-state index contributed by atoms with van der Waals surface area (Å²) in [5.74, 6) is 0.131. The van der Waals surface area contributed by atoms with Crippen molar-refractivity contribution in [2.75, 3.05) is 12.3 Å². The predicted molar refractivity (Wildman–Crippen MR) is 61.6 cm³/mol. The van der Waals surface area contributed by atoms with Crippen LogP contribution in [0.4, 0.5) is 0 Å². The smallest absolute Gasteiger partial charge is 0.178 e. The molecule has 0 saturated carbocycles. The van der Waals surface area contributed by atoms with E-state index in [0.717, 1.165) is 11.1 Å². The summed E-state index contributed by atoms with van der Waals surface area (Å²) in [5.41, 5.74) is 7.41. The molecule has 3 nitrogen and oxygen atoms in total. The first-order valence-corrected chi connectivity index (χ1v) is 6.62. The number of hydrogen-bond acceptors (Lipinski definition) is 3. The fourth-order valence-corrected chi connectivity index (χ4v) is 2.71. The maximum Gasteiger partial charge on any atom is 0.178 e. The van der Waals surface area contributed by atoms with Crippen LogP contribution in [-0.2, 0) is 9.84 Å². The molecular formula is C11H17NO2S. The Morgan fingerprint density at radius 1 is 1.20 bits per heavy atom. The molecule has 84 valence electrons. The average molecular weight is 227 g/mol. The van der Waals surface area contributed by atoms with Crippen molar-refractivity contribution in [1.82, 2.24) is 0 Å². The summed E-state index contributed by atoms with van der Waals surface area (Å²) in [6, 6.07) is 5.22. The van der Waals surface area contributed by atoms with E-state index in [1.807, 2.05) is 19.9 Å². The Bertz CT molecular complexity index is 438. The number of sulfone groups is 1. The minimum Gasteiger partial charge on any atom is -0.330 e. The first kappa shape index (κ1) is 12.2. The van der Waals surface area contributed by atoms with Gasteiger partial charge in [0.1, 0.15) is 0 Å². The van der Waals surface area contributed by atoms with Crippen molar-refractivity contribution in [1.29, 1.82) is 0 Å². The van der Waals surface area contributed by atoms with E-state index in [2.05, 4.69) is 0 Å². The molecule has 15 heavy (non-hydrogen) atoms. The van der Waals surface area contributed by atoms with Gasteiger partial charge in [0.25, 0.3) is 0 Å². The van der Waals surface area contributed by atoms with Crippen LogP contribution < -0.4 is 5.73 Å². The lowest BCUT2D eigenvalue weighted by molar-refractivity contribution is 0.593. The Hall–Kier alpha value is -0.870. The molecule has 0 fully saturated rings. The van der Waals surface area contributed by atoms with Crippen molar-refractivity contribution < 1.29 is 8.42 Å². The second-order valence-electron chi connectivity index (χ2n) is 3.71. The van der Waals surface area contributed by atoms with Crippen molar-refractivity contribution >= 4 is 9.84 Å². The maximum atomic E-state index is 11.8. The van der Waals surface area contributed by atoms with Gasteiger partial charge in [-0.3, -0.25) is 0 Å². The van der Waals surface area contributed by atoms with Crippen molar-refractivity contribution in [2.45, 2.75) is 25.2 Å². The highest BCUT2D eigenvalue weighted by molar-refractivity contribution is 7.91. The Labute approximate surface area is 91.2 Å². The number of benzene rings is 1. The number of rotatable bonds is 4. The Morgan fingerprint density at radius 3 is 2.40 bits per heavy atom. The van der Waals surface area contributed by atoms with Gasteiger partial charge in [0.2, 0.25) is 0 Å². The molecule has 0 bridgehead atoms. The van der Waals surface area contributed by atoms with Gasteiger partial charge < -0.3 is 5.73 Å². The maximum absolute atomic E-state index is 11.8. The summed E-state index contributed by atoms with van der Waals surface area (Å²) in [7, 11) is -3.14. The lowest BCUT2D eigenvalue weighted by atomic mass is 10.1. The highest BCUT2D eigenvalue weighted by atomic mass is 32.2. The van der Waals surface area contributed by atoms with Crippen LogP contribution >= 0.6 is 0 Å². The van der Waals surface area contributed by atoms with Gasteiger partial charge in [-0.15, -0.1) is 0 Å². The zero-order valence-electron chi connectivity index (χ0n) is 9.16. The molecule has 0 heterocycles. The zero-order valence-corrected chi connectivity index (χ0v) is 9.97. The molecule has 0 aliphatic carbocycles. The number of hydrogen-bond donors (Lipinski definition) is 1. The predicted octanol–water partition coefficient (Wildman–Crippen LogP) is 1.43. The fraction of sp³-hybridized carbons (Fsp3) is 0.455. The monoisotopic (exact) mass is 227 g/mol. The lowest BCUT2D eigenvalue weighted by Crippen LogP contribution is -2.11. The Balaban J connectivity index is 3.00. The Kier molecular flexibility index (Phi) is 3.88. The summed E-state index contributed by atoms with van der Waals surface area (Å²) >= 11 is 0. The van der Waals surface area contributed by atoms with Crippen LogP contribution in [-0.4, -0.2) is 20.7 Å². The second-order valence-corrected chi connectivity index (χ2v) is 5.82. The third-order valence-electron chi connectivity index (χ3n) is 2.45. The minimum atomic E-state index is -3.14. The molecule has 0 unspecified atom stereocenters. The summed E-state index contributed by atoms with van der Waals surface area (Å²) in [6.07, 6.45) is 0.509. The van der Waals surface area contributed by atoms with Crippen LogP contribution in [0.1, 0.15) is 17.5 Å². The van der Waals surface area contributed by atoms with E-state index in [1.165, 1.54) is 0 Å². The van der Waals surface area contributed by atoms with Crippen LogP contribution in [0, 0.1) is 13.8 Å². The van der Waals surface area contributed by atoms with Gasteiger partial charge in [-0.05, 0) is 50.1 Å². The quantitative estimate of drug-likeness (QED) is 0.846. The second kappa shape index (κ2) is 4.77. The van der Waals surface area contributed by atoms with E-state index >= 15 is 0 Å². The van der Waals surface area contributed by atoms with Gasteiger partial charge in [-0.25, -0.2) is 8.42 Å². The molecule has 1 rings (SSSR count). The molecule has 0 aliphatic rings. The molecule has 0 aliphatic heterocycles. The largest absolute Gasteiger partial charge is 0.330 e. The van der Waals surface area contributed by atoms with E-state index in [4.69, 9.17) is 5.73 Å². The first-order valence-electron chi connectivity index (χ1n) is 4.97. The minimum absolute atomic E-state index is 0.131. The molecule has 0 saturated heterocycles. The van der Waals surface area contributed by atoms with E-state index in [1.54, 1.807) is 12.1 Å². The van der Waals surface area contributed by atoms with Crippen LogP contribution in [0.3, 0.4) is 0 Å². The summed E-state index contributed by atoms with van der Waals surface area (Å²) in [5, 5.41) is 0. The number of nitrogens with two attached hydrogens (primary N) is 1. The van der Waals surface area contributed by atoms with Crippen molar-refractivity contribution in [2.24, 2.45) is 5.73 Å². The Morgan fingerprint density at radius 2 is 1.87 bits per heavy atom. The number of aryl methyl sites for hydroxylation is 2. The molecule has 0 radical (unpaired) electrons. The van der Waals surface area contributed by atoms with Crippen molar-refractivity contribution in [3.05, 3.63) is 29.3 Å². The van der Waals surface area contributed by atoms with E-state index in [9.17, 15) is 8.42 Å². The highest BCUT2D eigenvalue weighted by Crippen LogP contribution is 2.16. The third kappa shape index (κ3) is 3.04. The normalized spacial score (nSPS) is 11.7. The SMILES string of the molecule is Cc1ccc(S(=O)(=O)CCCN)cc1C. The first-order chi connectivity index (χ1) is 6.97. The van der Waals surface area contributed by atoms with Crippen LogP contribution in [0.5, 0.6) is 0 Å². The summed E-state index contributed by atoms with van der Waals surface area (Å²) in [6.45, 7) is 4.28. The van der Waals surface area contributed by atoms with E-state index in [0.29, 0.717) is 17.9 Å². The molecular weight excluding hydrogens is 210 g/mol. The zero-order chi connectivity index (χ0) is 11.5. The average Bonchev–Trinajstić information content (AvgIpc) is 2.19. The van der Waals surface area contributed by atoms with Crippen molar-refractivity contribution in [3.8, 4) is 0 Å². The lowest BCUT2D eigenvalue weighted by Gasteiger charge is -2.06. The van der Waals surface area contributed by atoms with Gasteiger partial charge in [-0.2, -0.15) is 0 Å².